The predicted molar refractivity (Wildman–Crippen MR) is 80.9 cm³/mol. The van der Waals surface area contributed by atoms with Crippen molar-refractivity contribution in [3.05, 3.63) is 0 Å². The Morgan fingerprint density at radius 2 is 2.12 bits per heavy atom. The highest BCUT2D eigenvalue weighted by atomic mass is 127. The molecule has 2 unspecified atom stereocenters. The van der Waals surface area contributed by atoms with E-state index in [1.807, 2.05) is 0 Å². The lowest BCUT2D eigenvalue weighted by Gasteiger charge is -2.38. The molecule has 102 valence electrons. The maximum Gasteiger partial charge on any atom is 0.0775 e. The second-order valence-corrected chi connectivity index (χ2v) is 6.10. The zero-order valence-corrected chi connectivity index (χ0v) is 13.5. The Morgan fingerprint density at radius 3 is 2.76 bits per heavy atom. The fraction of sp³-hybridized carbons (Fsp3) is 1.00. The van der Waals surface area contributed by atoms with Gasteiger partial charge in [0.1, 0.15) is 0 Å². The molecule has 1 aliphatic rings. The van der Waals surface area contributed by atoms with Crippen LogP contribution in [0.25, 0.3) is 0 Å². The first-order valence-electron chi connectivity index (χ1n) is 7.00. The van der Waals surface area contributed by atoms with Gasteiger partial charge in [-0.15, -0.1) is 0 Å². The van der Waals surface area contributed by atoms with Gasteiger partial charge in [0.25, 0.3) is 0 Å². The van der Waals surface area contributed by atoms with Crippen molar-refractivity contribution in [2.24, 2.45) is 5.92 Å². The maximum atomic E-state index is 6.14. The third-order valence-corrected chi connectivity index (χ3v) is 4.96. The molecule has 0 bridgehead atoms. The van der Waals surface area contributed by atoms with Crippen molar-refractivity contribution in [2.75, 3.05) is 24.2 Å². The van der Waals surface area contributed by atoms with Crippen molar-refractivity contribution in [2.45, 2.75) is 58.0 Å². The number of hydrogen-bond acceptors (Lipinski definition) is 2. The van der Waals surface area contributed by atoms with Gasteiger partial charge in [-0.25, -0.2) is 0 Å². The number of halogens is 1. The Morgan fingerprint density at radius 1 is 1.29 bits per heavy atom. The summed E-state index contributed by atoms with van der Waals surface area (Å²) in [7, 11) is 0. The van der Waals surface area contributed by atoms with Gasteiger partial charge in [-0.3, -0.25) is 0 Å². The lowest BCUT2D eigenvalue weighted by atomic mass is 9.80. The highest BCUT2D eigenvalue weighted by Gasteiger charge is 2.34. The second kappa shape index (κ2) is 8.70. The fourth-order valence-electron chi connectivity index (χ4n) is 2.57. The molecule has 0 N–H and O–H groups in total. The molecule has 0 spiro atoms. The van der Waals surface area contributed by atoms with Crippen LogP contribution in [-0.4, -0.2) is 29.8 Å². The van der Waals surface area contributed by atoms with E-state index in [0.29, 0.717) is 0 Å². The van der Waals surface area contributed by atoms with Gasteiger partial charge >= 0.3 is 0 Å². The molecular formula is C14H27IO2. The van der Waals surface area contributed by atoms with E-state index in [-0.39, 0.29) is 5.60 Å². The largest absolute Gasteiger partial charge is 0.379 e. The molecule has 2 atom stereocenters. The molecule has 0 radical (unpaired) electrons. The summed E-state index contributed by atoms with van der Waals surface area (Å²) in [6, 6.07) is 0. The average molecular weight is 354 g/mol. The Hall–Kier alpha value is 0.650. The molecule has 2 nitrogen and oxygen atoms in total. The number of rotatable bonds is 8. The topological polar surface area (TPSA) is 18.5 Å². The van der Waals surface area contributed by atoms with Crippen molar-refractivity contribution in [3.8, 4) is 0 Å². The molecule has 0 heterocycles. The molecule has 3 heteroatoms. The van der Waals surface area contributed by atoms with Gasteiger partial charge in [0, 0.05) is 11.0 Å². The van der Waals surface area contributed by atoms with Gasteiger partial charge in [0.2, 0.25) is 0 Å². The van der Waals surface area contributed by atoms with E-state index < -0.39 is 0 Å². The van der Waals surface area contributed by atoms with Crippen LogP contribution in [0.4, 0.5) is 0 Å². The molecule has 1 saturated carbocycles. The highest BCUT2D eigenvalue weighted by Crippen LogP contribution is 2.36. The predicted octanol–water partition coefficient (Wildman–Crippen LogP) is 4.20. The summed E-state index contributed by atoms with van der Waals surface area (Å²) in [6.45, 7) is 6.94. The quantitative estimate of drug-likeness (QED) is 0.369. The molecular weight excluding hydrogens is 327 g/mol. The molecule has 0 aliphatic heterocycles. The first-order chi connectivity index (χ1) is 8.22. The number of alkyl halides is 1. The molecule has 17 heavy (non-hydrogen) atoms. The summed E-state index contributed by atoms with van der Waals surface area (Å²) in [4.78, 5) is 0. The fourth-order valence-corrected chi connectivity index (χ4v) is 3.48. The van der Waals surface area contributed by atoms with Crippen molar-refractivity contribution in [3.63, 3.8) is 0 Å². The van der Waals surface area contributed by atoms with Crippen LogP contribution < -0.4 is 0 Å². The first kappa shape index (κ1) is 15.7. The molecule has 0 amide bonds. The third kappa shape index (κ3) is 5.88. The Balaban J connectivity index is 2.17. The van der Waals surface area contributed by atoms with Crippen molar-refractivity contribution in [1.82, 2.24) is 0 Å². The smallest absolute Gasteiger partial charge is 0.0775 e. The maximum absolute atomic E-state index is 6.14. The third-order valence-electron chi connectivity index (χ3n) is 3.57. The van der Waals surface area contributed by atoms with Gasteiger partial charge in [-0.05, 0) is 25.2 Å². The van der Waals surface area contributed by atoms with Crippen molar-refractivity contribution in [1.29, 1.82) is 0 Å². The number of hydrogen-bond donors (Lipinski definition) is 0. The van der Waals surface area contributed by atoms with E-state index in [9.17, 15) is 0 Å². The van der Waals surface area contributed by atoms with E-state index in [2.05, 4.69) is 36.4 Å². The molecule has 0 saturated heterocycles. The summed E-state index contributed by atoms with van der Waals surface area (Å²) in [5, 5.41) is 0. The molecule has 0 aromatic heterocycles. The van der Waals surface area contributed by atoms with Crippen LogP contribution in [-0.2, 0) is 9.47 Å². The normalized spacial score (nSPS) is 29.5. The number of unbranched alkanes of at least 4 members (excludes halogenated alkanes) is 1. The second-order valence-electron chi connectivity index (χ2n) is 5.33. The van der Waals surface area contributed by atoms with Crippen LogP contribution in [0.15, 0.2) is 0 Å². The highest BCUT2D eigenvalue weighted by molar-refractivity contribution is 14.1. The minimum absolute atomic E-state index is 0.145. The van der Waals surface area contributed by atoms with Crippen LogP contribution in [0.1, 0.15) is 52.4 Å². The average Bonchev–Trinajstić information content (AvgIpc) is 2.34. The van der Waals surface area contributed by atoms with E-state index in [1.165, 1.54) is 32.1 Å². The van der Waals surface area contributed by atoms with Crippen LogP contribution in [0, 0.1) is 5.92 Å². The van der Waals surface area contributed by atoms with Gasteiger partial charge in [-0.2, -0.15) is 0 Å². The Bertz CT molecular complexity index is 199. The zero-order chi connectivity index (χ0) is 12.6. The molecule has 0 aromatic rings. The van der Waals surface area contributed by atoms with Crippen LogP contribution in [0.5, 0.6) is 0 Å². The molecule has 0 aromatic carbocycles. The van der Waals surface area contributed by atoms with Crippen molar-refractivity contribution < 1.29 is 9.47 Å². The number of ether oxygens (including phenoxy) is 2. The van der Waals surface area contributed by atoms with Gasteiger partial charge < -0.3 is 9.47 Å². The lowest BCUT2D eigenvalue weighted by molar-refractivity contribution is -0.0802. The molecule has 1 fully saturated rings. The SMILES string of the molecule is CCCCOCCOC1(CI)CCCC(C)C1. The van der Waals surface area contributed by atoms with E-state index in [1.54, 1.807) is 0 Å². The summed E-state index contributed by atoms with van der Waals surface area (Å²) in [6.07, 6.45) is 7.51. The van der Waals surface area contributed by atoms with Crippen LogP contribution in [0.2, 0.25) is 0 Å². The first-order valence-corrected chi connectivity index (χ1v) is 8.52. The molecule has 1 aliphatic carbocycles. The summed E-state index contributed by atoms with van der Waals surface area (Å²) in [5.74, 6) is 0.819. The monoisotopic (exact) mass is 354 g/mol. The van der Waals surface area contributed by atoms with Gasteiger partial charge in [0.15, 0.2) is 0 Å². The van der Waals surface area contributed by atoms with Crippen LogP contribution in [0.3, 0.4) is 0 Å². The van der Waals surface area contributed by atoms with E-state index >= 15 is 0 Å². The Labute approximate surface area is 120 Å². The van der Waals surface area contributed by atoms with E-state index in [0.717, 1.165) is 36.6 Å². The summed E-state index contributed by atoms with van der Waals surface area (Å²) >= 11 is 2.48. The minimum Gasteiger partial charge on any atom is -0.379 e. The van der Waals surface area contributed by atoms with Gasteiger partial charge in [0.05, 0.1) is 18.8 Å². The van der Waals surface area contributed by atoms with Crippen LogP contribution >= 0.6 is 22.6 Å². The molecule has 1 rings (SSSR count). The minimum atomic E-state index is 0.145. The zero-order valence-electron chi connectivity index (χ0n) is 11.3. The summed E-state index contributed by atoms with van der Waals surface area (Å²) < 4.78 is 12.8. The Kier molecular flexibility index (Phi) is 8.04. The van der Waals surface area contributed by atoms with E-state index in [4.69, 9.17) is 9.47 Å². The summed E-state index contributed by atoms with van der Waals surface area (Å²) in [5.41, 5.74) is 0.145. The van der Waals surface area contributed by atoms with Crippen molar-refractivity contribution >= 4 is 22.6 Å². The van der Waals surface area contributed by atoms with Gasteiger partial charge in [-0.1, -0.05) is 55.7 Å². The lowest BCUT2D eigenvalue weighted by Crippen LogP contribution is -2.40. The standard InChI is InChI=1S/C14H27IO2/c1-3-4-8-16-9-10-17-14(12-15)7-5-6-13(2)11-14/h13H,3-12H2,1-2H3.